The molecule has 1 saturated heterocycles. The minimum absolute atomic E-state index is 0.0487. The third kappa shape index (κ3) is 7.82. The Balaban J connectivity index is 1.51. The first-order valence-electron chi connectivity index (χ1n) is 13.9. The number of carbonyl (C=O) groups excluding carboxylic acids is 2. The lowest BCUT2D eigenvalue weighted by Crippen LogP contribution is -2.50. The van der Waals surface area contributed by atoms with Crippen molar-refractivity contribution in [1.29, 1.82) is 0 Å². The maximum atomic E-state index is 13.2. The van der Waals surface area contributed by atoms with E-state index in [1.54, 1.807) is 14.0 Å². The molecule has 3 amide bonds. The lowest BCUT2D eigenvalue weighted by Gasteiger charge is -2.34. The smallest absolute Gasteiger partial charge is 0.318 e. The highest BCUT2D eigenvalue weighted by atomic mass is 32.2. The number of carbonyl (C=O) groups is 2. The minimum atomic E-state index is -3.54. The number of nitrogens with one attached hydrogen (secondary N) is 1. The van der Waals surface area contributed by atoms with Gasteiger partial charge in [-0.1, -0.05) is 19.8 Å². The third-order valence-electron chi connectivity index (χ3n) is 8.04. The van der Waals surface area contributed by atoms with Crippen LogP contribution in [0.3, 0.4) is 0 Å². The lowest BCUT2D eigenvalue weighted by molar-refractivity contribution is -0.124. The molecule has 1 fully saturated rings. The Morgan fingerprint density at radius 1 is 1.02 bits per heavy atom. The van der Waals surface area contributed by atoms with Crippen molar-refractivity contribution >= 4 is 43.3 Å². The Morgan fingerprint density at radius 2 is 1.62 bits per heavy atom. The van der Waals surface area contributed by atoms with E-state index in [1.165, 1.54) is 9.21 Å². The van der Waals surface area contributed by atoms with Crippen LogP contribution in [0, 0.1) is 13.8 Å². The molecule has 3 rings (SSSR count). The second-order valence-electron chi connectivity index (χ2n) is 10.9. The van der Waals surface area contributed by atoms with Gasteiger partial charge < -0.3 is 11.1 Å². The predicted octanol–water partition coefficient (Wildman–Crippen LogP) is 2.44. The Hall–Kier alpha value is -2.51. The number of amides is 3. The minimum Gasteiger partial charge on any atom is -0.351 e. The number of nitrogens with two attached hydrogens (primary N) is 1. The van der Waals surface area contributed by atoms with Crippen LogP contribution in [0.2, 0.25) is 0 Å². The first kappa shape index (κ1) is 32.0. The maximum absolute atomic E-state index is 13.2. The molecule has 0 unspecified atom stereocenters. The molecule has 0 aliphatic carbocycles. The van der Waals surface area contributed by atoms with Gasteiger partial charge in [0.25, 0.3) is 5.91 Å². The quantitative estimate of drug-likeness (QED) is 0.332. The average molecular weight is 598 g/mol. The van der Waals surface area contributed by atoms with Crippen molar-refractivity contribution in [3.63, 3.8) is 0 Å². The van der Waals surface area contributed by atoms with Gasteiger partial charge in [-0.15, -0.1) is 0 Å². The number of rotatable bonds is 13. The number of urea groups is 1. The number of aryl methyl sites for hydroxylation is 2. The number of amidine groups is 1. The molecule has 3 N–H and O–H groups in total. The Morgan fingerprint density at radius 3 is 2.20 bits per heavy atom. The number of sulfonamides is 1. The molecular weight excluding hydrogens is 554 g/mol. The molecule has 11 nitrogen and oxygen atoms in total. The van der Waals surface area contributed by atoms with Crippen LogP contribution in [0.4, 0.5) is 10.5 Å². The van der Waals surface area contributed by atoms with Gasteiger partial charge in [0.05, 0.1) is 11.5 Å². The fraction of sp³-hybridized carbons (Fsp3) is 0.667. The lowest BCUT2D eigenvalue weighted by atomic mass is 9.89. The van der Waals surface area contributed by atoms with E-state index in [4.69, 9.17) is 10.7 Å². The van der Waals surface area contributed by atoms with Gasteiger partial charge in [-0.25, -0.2) is 25.9 Å². The highest BCUT2D eigenvalue weighted by molar-refractivity contribution is 7.91. The first-order chi connectivity index (χ1) is 18.7. The number of anilines is 1. The largest absolute Gasteiger partial charge is 0.351 e. The van der Waals surface area contributed by atoms with E-state index >= 15 is 0 Å². The van der Waals surface area contributed by atoms with Crippen LogP contribution in [-0.4, -0.2) is 81.8 Å². The summed E-state index contributed by atoms with van der Waals surface area (Å²) in [5, 5.41) is 2.89. The molecule has 1 aromatic carbocycles. The number of primary amides is 1. The molecule has 0 bridgehead atoms. The van der Waals surface area contributed by atoms with E-state index in [0.29, 0.717) is 43.6 Å². The molecule has 0 saturated carbocycles. The summed E-state index contributed by atoms with van der Waals surface area (Å²) in [4.78, 5) is 30.4. The van der Waals surface area contributed by atoms with Crippen molar-refractivity contribution in [2.45, 2.75) is 77.7 Å². The topological polar surface area (TPSA) is 159 Å². The van der Waals surface area contributed by atoms with Crippen LogP contribution < -0.4 is 16.0 Å². The van der Waals surface area contributed by atoms with Crippen molar-refractivity contribution in [3.8, 4) is 0 Å². The highest BCUT2D eigenvalue weighted by Gasteiger charge is 2.47. The van der Waals surface area contributed by atoms with Gasteiger partial charge in [0.15, 0.2) is 0 Å². The number of piperidine rings is 1. The second kappa shape index (κ2) is 13.0. The summed E-state index contributed by atoms with van der Waals surface area (Å²) in [6, 6.07) is 3.09. The van der Waals surface area contributed by atoms with E-state index in [9.17, 15) is 26.4 Å². The standard InChI is InChI=1S/C27H43N5O6S2/c1-5-39(35,36)16-9-7-6-8-10-24-29-25(33)27(30-24)12-14-32(15-13-27)40(37,38)17-11-23-20(2)18-22(19-21(23)3)31(4)26(28)34/h18-19H,5-17H2,1-4H3,(H2,28,34)(H,29,30,33). The monoisotopic (exact) mass is 597 g/mol. The zero-order chi connectivity index (χ0) is 29.7. The summed E-state index contributed by atoms with van der Waals surface area (Å²) in [6.07, 6.45) is 4.74. The van der Waals surface area contributed by atoms with Crippen molar-refractivity contribution in [3.05, 3.63) is 28.8 Å². The predicted molar refractivity (Wildman–Crippen MR) is 158 cm³/mol. The molecule has 1 aromatic rings. The molecule has 0 aromatic heterocycles. The van der Waals surface area contributed by atoms with Gasteiger partial charge in [-0.3, -0.25) is 14.7 Å². The van der Waals surface area contributed by atoms with Crippen LogP contribution >= 0.6 is 0 Å². The van der Waals surface area contributed by atoms with Crippen molar-refractivity contribution in [1.82, 2.24) is 9.62 Å². The molecule has 0 radical (unpaired) electrons. The summed E-state index contributed by atoms with van der Waals surface area (Å²) in [5.74, 6) is 0.803. The number of benzene rings is 1. The van der Waals surface area contributed by atoms with Crippen molar-refractivity contribution < 1.29 is 26.4 Å². The van der Waals surface area contributed by atoms with Gasteiger partial charge in [0, 0.05) is 38.0 Å². The van der Waals surface area contributed by atoms with Crippen molar-refractivity contribution in [2.24, 2.45) is 10.7 Å². The number of sulfone groups is 1. The van der Waals surface area contributed by atoms with Gasteiger partial charge in [0.1, 0.15) is 21.2 Å². The average Bonchev–Trinajstić information content (AvgIpc) is 3.19. The van der Waals surface area contributed by atoms with Gasteiger partial charge >= 0.3 is 6.03 Å². The van der Waals surface area contributed by atoms with Gasteiger partial charge in [-0.2, -0.15) is 0 Å². The van der Waals surface area contributed by atoms with Crippen LogP contribution in [-0.2, 0) is 31.1 Å². The number of nitrogens with zero attached hydrogens (tertiary/aromatic N) is 3. The van der Waals surface area contributed by atoms with Crippen LogP contribution in [0.1, 0.15) is 68.6 Å². The Kier molecular flexibility index (Phi) is 10.4. The Labute approximate surface area is 238 Å². The zero-order valence-electron chi connectivity index (χ0n) is 24.0. The second-order valence-corrected chi connectivity index (χ2v) is 15.4. The zero-order valence-corrected chi connectivity index (χ0v) is 25.7. The van der Waals surface area contributed by atoms with E-state index in [2.05, 4.69) is 5.32 Å². The van der Waals surface area contributed by atoms with Crippen LogP contribution in [0.5, 0.6) is 0 Å². The molecule has 0 atom stereocenters. The molecule has 40 heavy (non-hydrogen) atoms. The molecule has 2 aliphatic rings. The summed E-state index contributed by atoms with van der Waals surface area (Å²) in [5.41, 5.74) is 7.83. The maximum Gasteiger partial charge on any atom is 0.318 e. The summed E-state index contributed by atoms with van der Waals surface area (Å²) >= 11 is 0. The Bertz CT molecular complexity index is 1330. The summed E-state index contributed by atoms with van der Waals surface area (Å²) in [6.45, 7) is 5.91. The number of aliphatic imine (C=N–C) groups is 1. The third-order valence-corrected chi connectivity index (χ3v) is 11.7. The van der Waals surface area contributed by atoms with Gasteiger partial charge in [0.2, 0.25) is 10.0 Å². The molecule has 224 valence electrons. The summed E-state index contributed by atoms with van der Waals surface area (Å²) < 4.78 is 51.0. The molecule has 13 heteroatoms. The SMILES string of the molecule is CCS(=O)(=O)CCCCCCC1=NC2(CCN(S(=O)(=O)CCc3c(C)cc(N(C)C(N)=O)cc3C)CC2)C(=O)N1. The van der Waals surface area contributed by atoms with E-state index < -0.39 is 31.4 Å². The highest BCUT2D eigenvalue weighted by Crippen LogP contribution is 2.32. The number of hydrogen-bond donors (Lipinski definition) is 2. The molecular formula is C27H43N5O6S2. The molecule has 2 heterocycles. The molecule has 2 aliphatic heterocycles. The fourth-order valence-electron chi connectivity index (χ4n) is 5.33. The van der Waals surface area contributed by atoms with Gasteiger partial charge in [-0.05, 0) is 74.8 Å². The van der Waals surface area contributed by atoms with E-state index in [0.717, 1.165) is 36.0 Å². The van der Waals surface area contributed by atoms with Crippen molar-refractivity contribution in [2.75, 3.05) is 42.3 Å². The fourth-order valence-corrected chi connectivity index (χ4v) is 7.73. The van der Waals surface area contributed by atoms with E-state index in [1.807, 2.05) is 26.0 Å². The summed E-state index contributed by atoms with van der Waals surface area (Å²) in [7, 11) is -4.89. The number of hydrogen-bond acceptors (Lipinski definition) is 7. The first-order valence-corrected chi connectivity index (χ1v) is 17.3. The molecule has 1 spiro atoms. The number of unbranched alkanes of at least 4 members (excludes halogenated alkanes) is 3. The van der Waals surface area contributed by atoms with Crippen LogP contribution in [0.25, 0.3) is 0 Å². The normalized spacial score (nSPS) is 17.6. The van der Waals surface area contributed by atoms with E-state index in [-0.39, 0.29) is 36.3 Å². The van der Waals surface area contributed by atoms with Crippen LogP contribution in [0.15, 0.2) is 17.1 Å².